The lowest BCUT2D eigenvalue weighted by molar-refractivity contribution is -0.139. The maximum absolute atomic E-state index is 13.9. The molecule has 2 aromatic rings. The van der Waals surface area contributed by atoms with Crippen LogP contribution >= 0.6 is 11.3 Å². The quantitative estimate of drug-likeness (QED) is 0.282. The van der Waals surface area contributed by atoms with E-state index in [4.69, 9.17) is 18.9 Å². The SMILES string of the molecule is CCCCCOCCOc1ccc(-c2nnc(C3(C)COC(C)(C)N3C(=O)OC(C)(C)C)s2)cc1C(F)(F)F. The number of carbonyl (C=O) groups excluding carboxylic acids is 1. The summed E-state index contributed by atoms with van der Waals surface area (Å²) in [6.45, 7) is 13.5. The van der Waals surface area contributed by atoms with Crippen molar-refractivity contribution in [1.82, 2.24) is 15.1 Å². The van der Waals surface area contributed by atoms with E-state index in [0.717, 1.165) is 36.7 Å². The van der Waals surface area contributed by atoms with Crippen LogP contribution in [0.15, 0.2) is 18.2 Å². The number of hydrogen-bond acceptors (Lipinski definition) is 8. The minimum absolute atomic E-state index is 0.00610. The average molecular weight is 574 g/mol. The summed E-state index contributed by atoms with van der Waals surface area (Å²) in [4.78, 5) is 14.6. The van der Waals surface area contributed by atoms with E-state index in [1.54, 1.807) is 41.5 Å². The van der Waals surface area contributed by atoms with Crippen molar-refractivity contribution in [3.8, 4) is 16.3 Å². The minimum Gasteiger partial charge on any atom is -0.491 e. The van der Waals surface area contributed by atoms with E-state index in [9.17, 15) is 18.0 Å². The van der Waals surface area contributed by atoms with Gasteiger partial charge in [-0.3, -0.25) is 4.90 Å². The topological polar surface area (TPSA) is 83.0 Å². The van der Waals surface area contributed by atoms with Crippen LogP contribution in [0.4, 0.5) is 18.0 Å². The minimum atomic E-state index is -4.64. The number of aromatic nitrogens is 2. The third-order valence-electron chi connectivity index (χ3n) is 6.11. The molecule has 3 rings (SSSR count). The molecule has 1 aliphatic heterocycles. The second-order valence-electron chi connectivity index (χ2n) is 11.1. The number of unbranched alkanes of at least 4 members (excludes halogenated alkanes) is 2. The summed E-state index contributed by atoms with van der Waals surface area (Å²) in [5, 5.41) is 9.11. The monoisotopic (exact) mass is 573 g/mol. The predicted molar refractivity (Wildman–Crippen MR) is 142 cm³/mol. The highest BCUT2D eigenvalue weighted by atomic mass is 32.1. The zero-order valence-corrected chi connectivity index (χ0v) is 24.4. The van der Waals surface area contributed by atoms with E-state index in [1.165, 1.54) is 17.0 Å². The van der Waals surface area contributed by atoms with E-state index in [1.807, 2.05) is 0 Å². The molecular formula is C27H38F3N3O5S. The Balaban J connectivity index is 1.83. The van der Waals surface area contributed by atoms with E-state index in [-0.39, 0.29) is 36.1 Å². The Morgan fingerprint density at radius 1 is 1.10 bits per heavy atom. The standard InChI is InChI=1S/C27H38F3N3O5S/c1-8-9-10-13-35-14-15-36-20-12-11-18(16-19(20)27(28,29)30)21-31-32-22(39-21)26(7)17-37-25(5,6)33(26)23(34)38-24(2,3)4/h11-12,16H,8-10,13-15,17H2,1-7H3. The molecule has 1 amide bonds. The van der Waals surface area contributed by atoms with Gasteiger partial charge in [-0.2, -0.15) is 13.2 Å². The van der Waals surface area contributed by atoms with Crippen molar-refractivity contribution < 1.29 is 36.9 Å². The highest BCUT2D eigenvalue weighted by Crippen LogP contribution is 2.45. The van der Waals surface area contributed by atoms with Gasteiger partial charge in [0.05, 0.1) is 18.8 Å². The van der Waals surface area contributed by atoms with Gasteiger partial charge in [-0.1, -0.05) is 31.1 Å². The van der Waals surface area contributed by atoms with Crippen LogP contribution in [0.1, 0.15) is 78.3 Å². The molecule has 0 bridgehead atoms. The number of hydrogen-bond donors (Lipinski definition) is 0. The summed E-state index contributed by atoms with van der Waals surface area (Å²) < 4.78 is 64.1. The van der Waals surface area contributed by atoms with Gasteiger partial charge < -0.3 is 18.9 Å². The van der Waals surface area contributed by atoms with Gasteiger partial charge in [-0.05, 0) is 66.2 Å². The van der Waals surface area contributed by atoms with Gasteiger partial charge in [-0.15, -0.1) is 10.2 Å². The molecule has 1 atom stereocenters. The normalized spacial score (nSPS) is 19.4. The number of carbonyl (C=O) groups is 1. The molecule has 1 unspecified atom stereocenters. The fraction of sp³-hybridized carbons (Fsp3) is 0.667. The summed E-state index contributed by atoms with van der Waals surface area (Å²) in [6, 6.07) is 3.80. The van der Waals surface area contributed by atoms with E-state index in [0.29, 0.717) is 11.6 Å². The molecule has 0 radical (unpaired) electrons. The molecule has 1 aromatic heterocycles. The van der Waals surface area contributed by atoms with Crippen LogP contribution in [0.5, 0.6) is 5.75 Å². The van der Waals surface area contributed by atoms with Gasteiger partial charge in [0.25, 0.3) is 0 Å². The highest BCUT2D eigenvalue weighted by Gasteiger charge is 2.55. The van der Waals surface area contributed by atoms with E-state index in [2.05, 4.69) is 17.1 Å². The molecular weight excluding hydrogens is 535 g/mol. The van der Waals surface area contributed by atoms with Crippen molar-refractivity contribution in [2.24, 2.45) is 0 Å². The Kier molecular flexibility index (Phi) is 9.55. The summed E-state index contributed by atoms with van der Waals surface area (Å²) in [5.74, 6) is -0.276. The van der Waals surface area contributed by atoms with Crippen LogP contribution in [-0.4, -0.2) is 58.9 Å². The number of alkyl halides is 3. The molecule has 0 N–H and O–H groups in total. The number of halogens is 3. The zero-order valence-electron chi connectivity index (χ0n) is 23.6. The first-order chi connectivity index (χ1) is 18.1. The second-order valence-corrected chi connectivity index (χ2v) is 12.1. The lowest BCUT2D eigenvalue weighted by Gasteiger charge is -2.39. The van der Waals surface area contributed by atoms with Crippen molar-refractivity contribution in [1.29, 1.82) is 0 Å². The van der Waals surface area contributed by atoms with Crippen LogP contribution in [0, 0.1) is 0 Å². The fourth-order valence-electron chi connectivity index (χ4n) is 4.26. The maximum atomic E-state index is 13.9. The lowest BCUT2D eigenvalue weighted by atomic mass is 10.0. The number of rotatable bonds is 10. The van der Waals surface area contributed by atoms with Crippen LogP contribution < -0.4 is 4.74 Å². The van der Waals surface area contributed by atoms with Crippen molar-refractivity contribution in [3.05, 3.63) is 28.8 Å². The molecule has 8 nitrogen and oxygen atoms in total. The third-order valence-corrected chi connectivity index (χ3v) is 7.34. The Morgan fingerprint density at radius 3 is 2.46 bits per heavy atom. The Bertz CT molecular complexity index is 1130. The van der Waals surface area contributed by atoms with Gasteiger partial charge in [0.15, 0.2) is 0 Å². The number of benzene rings is 1. The van der Waals surface area contributed by atoms with Crippen LogP contribution in [-0.2, 0) is 25.9 Å². The van der Waals surface area contributed by atoms with Crippen molar-refractivity contribution in [2.45, 2.75) is 90.8 Å². The molecule has 1 saturated heterocycles. The molecule has 0 saturated carbocycles. The molecule has 218 valence electrons. The Labute approximate surface area is 231 Å². The fourth-order valence-corrected chi connectivity index (χ4v) is 5.22. The van der Waals surface area contributed by atoms with Gasteiger partial charge in [0.2, 0.25) is 0 Å². The molecule has 1 aliphatic rings. The smallest absolute Gasteiger partial charge is 0.419 e. The van der Waals surface area contributed by atoms with Crippen LogP contribution in [0.2, 0.25) is 0 Å². The van der Waals surface area contributed by atoms with Crippen LogP contribution in [0.3, 0.4) is 0 Å². The molecule has 12 heteroatoms. The van der Waals surface area contributed by atoms with Gasteiger partial charge >= 0.3 is 12.3 Å². The first kappa shape index (κ1) is 31.1. The largest absolute Gasteiger partial charge is 0.491 e. The summed E-state index contributed by atoms with van der Waals surface area (Å²) >= 11 is 1.10. The summed E-state index contributed by atoms with van der Waals surface area (Å²) in [7, 11) is 0. The highest BCUT2D eigenvalue weighted by molar-refractivity contribution is 7.14. The molecule has 1 aromatic carbocycles. The molecule has 1 fully saturated rings. The first-order valence-corrected chi connectivity index (χ1v) is 13.8. The first-order valence-electron chi connectivity index (χ1n) is 13.0. The molecule has 2 heterocycles. The summed E-state index contributed by atoms with van der Waals surface area (Å²) in [6.07, 6.45) is -2.22. The number of nitrogens with zero attached hydrogens (tertiary/aromatic N) is 3. The van der Waals surface area contributed by atoms with Crippen molar-refractivity contribution >= 4 is 17.4 Å². The maximum Gasteiger partial charge on any atom is 0.419 e. The third kappa shape index (κ3) is 7.61. The molecule has 0 aliphatic carbocycles. The van der Waals surface area contributed by atoms with Gasteiger partial charge in [0.1, 0.15) is 39.2 Å². The zero-order chi connectivity index (χ0) is 29.1. The molecule has 0 spiro atoms. The number of ether oxygens (including phenoxy) is 4. The van der Waals surface area contributed by atoms with E-state index >= 15 is 0 Å². The van der Waals surface area contributed by atoms with Gasteiger partial charge in [0, 0.05) is 12.2 Å². The molecule has 39 heavy (non-hydrogen) atoms. The van der Waals surface area contributed by atoms with Crippen molar-refractivity contribution in [2.75, 3.05) is 26.4 Å². The van der Waals surface area contributed by atoms with Crippen molar-refractivity contribution in [3.63, 3.8) is 0 Å². The Hall–Kier alpha value is -2.44. The number of amides is 1. The van der Waals surface area contributed by atoms with Crippen LogP contribution in [0.25, 0.3) is 10.6 Å². The predicted octanol–water partition coefficient (Wildman–Crippen LogP) is 7.03. The van der Waals surface area contributed by atoms with Gasteiger partial charge in [-0.25, -0.2) is 4.79 Å². The average Bonchev–Trinajstić information content (AvgIpc) is 3.40. The summed E-state index contributed by atoms with van der Waals surface area (Å²) in [5.41, 5.74) is -3.43. The second kappa shape index (κ2) is 12.0. The Morgan fingerprint density at radius 2 is 1.82 bits per heavy atom. The van der Waals surface area contributed by atoms with E-state index < -0.39 is 34.7 Å². The lowest BCUT2D eigenvalue weighted by Crippen LogP contribution is -2.54.